The van der Waals surface area contributed by atoms with Crippen molar-refractivity contribution in [3.05, 3.63) is 52.5 Å². The monoisotopic (exact) mass is 713 g/mol. The highest BCUT2D eigenvalue weighted by Gasteiger charge is 2.62. The fourth-order valence-corrected chi connectivity index (χ4v) is 8.75. The average Bonchev–Trinajstić information content (AvgIpc) is 3.97. The van der Waals surface area contributed by atoms with Crippen LogP contribution in [0.5, 0.6) is 5.75 Å². The Morgan fingerprint density at radius 2 is 1.96 bits per heavy atom. The zero-order chi connectivity index (χ0) is 34.9. The third-order valence-electron chi connectivity index (χ3n) is 9.84. The minimum atomic E-state index is -3.85. The fraction of sp³-hybridized carbons (Fsp3) is 0.559. The molecule has 3 fully saturated rings. The number of allylic oxidation sites excluding steroid dienone is 1. The SMILES string of the molecule is COc1cccc(N(Cc2csc(C)n2)C(=O)OC2CC3C(=O)NC4(C(=O)NS(=O)(=O)C5CC5)CC4/C=C/CCCCN(C)C(=O)C3C2)c1. The van der Waals surface area contributed by atoms with Gasteiger partial charge in [0.15, 0.2) is 0 Å². The van der Waals surface area contributed by atoms with Gasteiger partial charge in [-0.3, -0.25) is 24.0 Å². The van der Waals surface area contributed by atoms with E-state index in [0.29, 0.717) is 36.5 Å². The van der Waals surface area contributed by atoms with Crippen molar-refractivity contribution < 1.29 is 37.1 Å². The van der Waals surface area contributed by atoms with Crippen LogP contribution in [0.1, 0.15) is 62.1 Å². The Morgan fingerprint density at radius 1 is 1.18 bits per heavy atom. The molecule has 3 aliphatic carbocycles. The van der Waals surface area contributed by atoms with Gasteiger partial charge < -0.3 is 19.7 Å². The second-order valence-corrected chi connectivity index (χ2v) is 16.5. The van der Waals surface area contributed by atoms with E-state index < -0.39 is 56.7 Å². The van der Waals surface area contributed by atoms with Gasteiger partial charge >= 0.3 is 6.09 Å². The molecule has 1 aromatic heterocycles. The smallest absolute Gasteiger partial charge is 0.414 e. The standard InChI is InChI=1S/C34H43N5O8S2/c1-21-35-23(20-48-21)19-39(24-10-8-11-25(15-24)46-3)33(43)47-26-16-28-29(17-26)31(41)38(2)14-7-5-4-6-9-22-18-34(22,36-30(28)40)32(42)37-49(44,45)27-12-13-27/h6,8-11,15,20,22,26-29H,4-5,7,12-14,16-19H2,1-3H3,(H,36,40)(H,37,42)/b9-6+. The van der Waals surface area contributed by atoms with Crippen LogP contribution >= 0.6 is 11.3 Å². The zero-order valence-electron chi connectivity index (χ0n) is 27.9. The highest BCUT2D eigenvalue weighted by atomic mass is 32.2. The number of nitrogens with one attached hydrogen (secondary N) is 2. The molecule has 2 heterocycles. The van der Waals surface area contributed by atoms with Gasteiger partial charge in [0.1, 0.15) is 17.4 Å². The number of rotatable bonds is 8. The van der Waals surface area contributed by atoms with E-state index in [9.17, 15) is 27.6 Å². The molecule has 0 radical (unpaired) electrons. The molecule has 3 saturated carbocycles. The van der Waals surface area contributed by atoms with Crippen molar-refractivity contribution in [2.24, 2.45) is 17.8 Å². The normalized spacial score (nSPS) is 27.9. The summed E-state index contributed by atoms with van der Waals surface area (Å²) in [6.07, 6.45) is 6.07. The van der Waals surface area contributed by atoms with E-state index in [-0.39, 0.29) is 37.6 Å². The number of aromatic nitrogens is 1. The molecule has 2 aromatic rings. The number of thiazole rings is 1. The second-order valence-electron chi connectivity index (χ2n) is 13.5. The molecule has 13 nitrogen and oxygen atoms in total. The van der Waals surface area contributed by atoms with Crippen molar-refractivity contribution in [2.75, 3.05) is 25.6 Å². The third-order valence-corrected chi connectivity index (χ3v) is 12.5. The molecule has 1 aliphatic heterocycles. The quantitative estimate of drug-likeness (QED) is 0.389. The molecule has 0 bridgehead atoms. The summed E-state index contributed by atoms with van der Waals surface area (Å²) in [7, 11) is -0.611. The van der Waals surface area contributed by atoms with Crippen molar-refractivity contribution in [1.82, 2.24) is 19.9 Å². The van der Waals surface area contributed by atoms with Crippen molar-refractivity contribution >= 4 is 50.9 Å². The first-order chi connectivity index (χ1) is 23.4. The van der Waals surface area contributed by atoms with Crippen LogP contribution < -0.4 is 19.7 Å². The lowest BCUT2D eigenvalue weighted by Crippen LogP contribution is -2.54. The van der Waals surface area contributed by atoms with Crippen LogP contribution in [0.2, 0.25) is 0 Å². The van der Waals surface area contributed by atoms with E-state index in [0.717, 1.165) is 24.3 Å². The number of carbonyl (C=O) groups excluding carboxylic acids is 4. The molecule has 0 spiro atoms. The molecule has 264 valence electrons. The lowest BCUT2D eigenvalue weighted by Gasteiger charge is -2.26. The molecular weight excluding hydrogens is 671 g/mol. The molecule has 0 saturated heterocycles. The number of methoxy groups -OCH3 is 1. The van der Waals surface area contributed by atoms with Gasteiger partial charge in [-0.1, -0.05) is 18.2 Å². The Hall–Kier alpha value is -3.98. The molecule has 5 unspecified atom stereocenters. The van der Waals surface area contributed by atoms with Crippen LogP contribution in [0.3, 0.4) is 0 Å². The summed E-state index contributed by atoms with van der Waals surface area (Å²) in [5.74, 6) is -3.09. The van der Waals surface area contributed by atoms with Crippen molar-refractivity contribution in [1.29, 1.82) is 0 Å². The summed E-state index contributed by atoms with van der Waals surface area (Å²) in [6, 6.07) is 7.01. The van der Waals surface area contributed by atoms with Gasteiger partial charge in [-0.15, -0.1) is 11.3 Å². The van der Waals surface area contributed by atoms with Crippen molar-refractivity contribution in [3.63, 3.8) is 0 Å². The largest absolute Gasteiger partial charge is 0.497 e. The Labute approximate surface area is 290 Å². The van der Waals surface area contributed by atoms with Crippen LogP contribution in [0.4, 0.5) is 10.5 Å². The number of sulfonamides is 1. The van der Waals surface area contributed by atoms with Crippen LogP contribution in [-0.2, 0) is 35.7 Å². The highest BCUT2D eigenvalue weighted by molar-refractivity contribution is 7.91. The van der Waals surface area contributed by atoms with Crippen LogP contribution in [-0.4, -0.2) is 79.7 Å². The van der Waals surface area contributed by atoms with Gasteiger partial charge in [0.05, 0.1) is 47.1 Å². The van der Waals surface area contributed by atoms with Gasteiger partial charge in [0.2, 0.25) is 21.8 Å². The molecule has 2 N–H and O–H groups in total. The lowest BCUT2D eigenvalue weighted by molar-refractivity contribution is -0.140. The Balaban J connectivity index is 1.24. The molecule has 4 amide bonds. The topological polar surface area (TPSA) is 164 Å². The van der Waals surface area contributed by atoms with E-state index >= 15 is 0 Å². The van der Waals surface area contributed by atoms with E-state index in [1.807, 2.05) is 24.5 Å². The molecule has 15 heteroatoms. The average molecular weight is 714 g/mol. The summed E-state index contributed by atoms with van der Waals surface area (Å²) >= 11 is 1.47. The van der Waals surface area contributed by atoms with E-state index in [4.69, 9.17) is 9.47 Å². The Kier molecular flexibility index (Phi) is 10.0. The zero-order valence-corrected chi connectivity index (χ0v) is 29.6. The highest BCUT2D eigenvalue weighted by Crippen LogP contribution is 2.47. The molecule has 6 rings (SSSR count). The molecular formula is C34H43N5O8S2. The van der Waals surface area contributed by atoms with Crippen LogP contribution in [0.15, 0.2) is 41.8 Å². The summed E-state index contributed by atoms with van der Waals surface area (Å²) < 4.78 is 39.0. The minimum Gasteiger partial charge on any atom is -0.497 e. The maximum Gasteiger partial charge on any atom is 0.414 e. The minimum absolute atomic E-state index is 0.0577. The first-order valence-electron chi connectivity index (χ1n) is 16.7. The number of benzene rings is 1. The van der Waals surface area contributed by atoms with Gasteiger partial charge in [-0.05, 0) is 70.4 Å². The molecule has 49 heavy (non-hydrogen) atoms. The maximum absolute atomic E-state index is 14.1. The van der Waals surface area contributed by atoms with Crippen LogP contribution in [0, 0.1) is 24.7 Å². The van der Waals surface area contributed by atoms with Gasteiger partial charge in [-0.25, -0.2) is 18.2 Å². The Morgan fingerprint density at radius 3 is 2.67 bits per heavy atom. The first-order valence-corrected chi connectivity index (χ1v) is 19.2. The summed E-state index contributed by atoms with van der Waals surface area (Å²) in [6.45, 7) is 2.52. The summed E-state index contributed by atoms with van der Waals surface area (Å²) in [5, 5.41) is 4.99. The molecule has 5 atom stereocenters. The van der Waals surface area contributed by atoms with Crippen molar-refractivity contribution in [3.8, 4) is 5.75 Å². The number of nitrogens with zero attached hydrogens (tertiary/aromatic N) is 3. The van der Waals surface area contributed by atoms with E-state index in [1.165, 1.54) is 23.3 Å². The van der Waals surface area contributed by atoms with Crippen LogP contribution in [0.25, 0.3) is 0 Å². The van der Waals surface area contributed by atoms with E-state index in [1.54, 1.807) is 36.2 Å². The number of amides is 4. The summed E-state index contributed by atoms with van der Waals surface area (Å²) in [4.78, 5) is 62.9. The predicted molar refractivity (Wildman–Crippen MR) is 182 cm³/mol. The van der Waals surface area contributed by atoms with Gasteiger partial charge in [0.25, 0.3) is 5.91 Å². The number of anilines is 1. The lowest BCUT2D eigenvalue weighted by atomic mass is 9.93. The molecule has 1 aromatic carbocycles. The summed E-state index contributed by atoms with van der Waals surface area (Å²) in [5.41, 5.74) is -0.233. The number of aryl methyl sites for hydroxylation is 1. The number of carbonyl (C=O) groups is 4. The first kappa shape index (κ1) is 34.9. The van der Waals surface area contributed by atoms with E-state index in [2.05, 4.69) is 15.0 Å². The van der Waals surface area contributed by atoms with Gasteiger partial charge in [0, 0.05) is 31.0 Å². The number of ether oxygens (including phenoxy) is 2. The Bertz CT molecular complexity index is 1740. The fourth-order valence-electron chi connectivity index (χ4n) is 6.78. The third kappa shape index (κ3) is 7.77. The predicted octanol–water partition coefficient (Wildman–Crippen LogP) is 3.68. The second kappa shape index (κ2) is 14.1. The van der Waals surface area contributed by atoms with Gasteiger partial charge in [-0.2, -0.15) is 0 Å². The number of hydrogen-bond donors (Lipinski definition) is 2. The number of hydrogen-bond acceptors (Lipinski definition) is 10. The maximum atomic E-state index is 14.1. The number of fused-ring (bicyclic) bond motifs is 2. The molecule has 4 aliphatic rings. The van der Waals surface area contributed by atoms with Crippen molar-refractivity contribution in [2.45, 2.75) is 81.7 Å².